The molecule has 0 aliphatic carbocycles. The smallest absolute Gasteiger partial charge is 0.339 e. The van der Waals surface area contributed by atoms with Gasteiger partial charge in [-0.3, -0.25) is 4.79 Å². The van der Waals surface area contributed by atoms with Crippen LogP contribution in [0.5, 0.6) is 0 Å². The molecule has 7 heteroatoms. The second-order valence-electron chi connectivity index (χ2n) is 5.20. The number of carbonyl (C=O) groups is 2. The van der Waals surface area contributed by atoms with E-state index in [1.54, 1.807) is 6.92 Å². The molecule has 0 radical (unpaired) electrons. The van der Waals surface area contributed by atoms with Crippen LogP contribution >= 0.6 is 0 Å². The Bertz CT molecular complexity index is 575. The maximum atomic E-state index is 11.6. The number of hydrogen-bond acceptors (Lipinski definition) is 5. The van der Waals surface area contributed by atoms with Gasteiger partial charge in [-0.05, 0) is 13.3 Å². The van der Waals surface area contributed by atoms with Crippen LogP contribution in [0.1, 0.15) is 28.9 Å². The van der Waals surface area contributed by atoms with Crippen LogP contribution in [0.3, 0.4) is 0 Å². The van der Waals surface area contributed by atoms with Crippen molar-refractivity contribution in [3.63, 3.8) is 0 Å². The van der Waals surface area contributed by atoms with Crippen LogP contribution in [0.25, 0.3) is 0 Å². The van der Waals surface area contributed by atoms with Crippen molar-refractivity contribution in [3.05, 3.63) is 17.5 Å². The van der Waals surface area contributed by atoms with Gasteiger partial charge in [-0.2, -0.15) is 0 Å². The summed E-state index contributed by atoms with van der Waals surface area (Å²) in [5.74, 6) is -0.236. The van der Waals surface area contributed by atoms with Gasteiger partial charge in [0, 0.05) is 38.3 Å². The van der Waals surface area contributed by atoms with Gasteiger partial charge in [0.15, 0.2) is 0 Å². The van der Waals surface area contributed by atoms with E-state index in [-0.39, 0.29) is 17.5 Å². The third kappa shape index (κ3) is 2.09. The SMILES string of the molecule is Cc1nc(N2CCN3C(=O)CCC3C2)ncc1C(=O)O. The highest BCUT2D eigenvalue weighted by molar-refractivity contribution is 5.88. The van der Waals surface area contributed by atoms with E-state index in [0.717, 1.165) is 13.0 Å². The third-order valence-electron chi connectivity index (χ3n) is 3.97. The number of aromatic nitrogens is 2. The number of carbonyl (C=O) groups excluding carboxylic acids is 1. The number of amides is 1. The Kier molecular flexibility index (Phi) is 3.04. The normalized spacial score (nSPS) is 22.1. The number of rotatable bonds is 2. The standard InChI is InChI=1S/C13H16N4O3/c1-8-10(12(19)20)6-14-13(15-8)16-4-5-17-9(7-16)2-3-11(17)18/h6,9H,2-5,7H2,1H3,(H,19,20). The number of carboxylic acid groups (broad SMARTS) is 1. The van der Waals surface area contributed by atoms with Gasteiger partial charge in [-0.25, -0.2) is 14.8 Å². The average Bonchev–Trinajstić information content (AvgIpc) is 2.79. The predicted molar refractivity (Wildman–Crippen MR) is 70.7 cm³/mol. The van der Waals surface area contributed by atoms with Crippen LogP contribution in [-0.2, 0) is 4.79 Å². The Labute approximate surface area is 116 Å². The zero-order valence-corrected chi connectivity index (χ0v) is 11.2. The highest BCUT2D eigenvalue weighted by Gasteiger charge is 2.36. The van der Waals surface area contributed by atoms with Crippen molar-refractivity contribution >= 4 is 17.8 Å². The van der Waals surface area contributed by atoms with E-state index in [1.165, 1.54) is 6.20 Å². The first-order chi connectivity index (χ1) is 9.56. The fraction of sp³-hybridized carbons (Fsp3) is 0.538. The summed E-state index contributed by atoms with van der Waals surface area (Å²) in [6.45, 7) is 3.77. The molecule has 2 aliphatic heterocycles. The zero-order valence-electron chi connectivity index (χ0n) is 11.2. The van der Waals surface area contributed by atoms with Crippen LogP contribution < -0.4 is 4.90 Å². The molecule has 0 saturated carbocycles. The summed E-state index contributed by atoms with van der Waals surface area (Å²) < 4.78 is 0. The van der Waals surface area contributed by atoms with Crippen molar-refractivity contribution in [2.24, 2.45) is 0 Å². The lowest BCUT2D eigenvalue weighted by molar-refractivity contribution is -0.129. The quantitative estimate of drug-likeness (QED) is 0.835. The summed E-state index contributed by atoms with van der Waals surface area (Å²) in [6.07, 6.45) is 2.85. The number of carboxylic acids is 1. The van der Waals surface area contributed by atoms with Crippen molar-refractivity contribution in [2.45, 2.75) is 25.8 Å². The number of anilines is 1. The molecule has 0 bridgehead atoms. The molecule has 7 nitrogen and oxygen atoms in total. The second-order valence-corrected chi connectivity index (χ2v) is 5.20. The maximum Gasteiger partial charge on any atom is 0.339 e. The summed E-state index contributed by atoms with van der Waals surface area (Å²) in [4.78, 5) is 35.0. The minimum atomic E-state index is -1.01. The molecule has 3 rings (SSSR count). The monoisotopic (exact) mass is 276 g/mol. The molecule has 0 spiro atoms. The first-order valence-corrected chi connectivity index (χ1v) is 6.67. The molecule has 1 atom stereocenters. The Morgan fingerprint density at radius 2 is 2.25 bits per heavy atom. The summed E-state index contributed by atoms with van der Waals surface area (Å²) >= 11 is 0. The van der Waals surface area contributed by atoms with E-state index in [9.17, 15) is 9.59 Å². The van der Waals surface area contributed by atoms with Gasteiger partial charge in [0.1, 0.15) is 0 Å². The first-order valence-electron chi connectivity index (χ1n) is 6.67. The molecule has 3 heterocycles. The van der Waals surface area contributed by atoms with Crippen LogP contribution in [-0.4, -0.2) is 57.5 Å². The van der Waals surface area contributed by atoms with Crippen LogP contribution in [0.4, 0.5) is 5.95 Å². The molecule has 2 aliphatic rings. The average molecular weight is 276 g/mol. The van der Waals surface area contributed by atoms with Crippen LogP contribution in [0, 0.1) is 6.92 Å². The fourth-order valence-corrected chi connectivity index (χ4v) is 2.86. The maximum absolute atomic E-state index is 11.6. The van der Waals surface area contributed by atoms with Gasteiger partial charge in [0.25, 0.3) is 0 Å². The van der Waals surface area contributed by atoms with Crippen molar-refractivity contribution in [2.75, 3.05) is 24.5 Å². The summed E-state index contributed by atoms with van der Waals surface area (Å²) in [5.41, 5.74) is 0.593. The van der Waals surface area contributed by atoms with Crippen LogP contribution in [0.2, 0.25) is 0 Å². The molecule has 1 N–H and O–H groups in total. The topological polar surface area (TPSA) is 86.6 Å². The minimum Gasteiger partial charge on any atom is -0.478 e. The molecular formula is C13H16N4O3. The molecule has 2 saturated heterocycles. The predicted octanol–water partition coefficient (Wildman–Crippen LogP) is 0.294. The van der Waals surface area contributed by atoms with Crippen molar-refractivity contribution in [1.29, 1.82) is 0 Å². The van der Waals surface area contributed by atoms with E-state index in [0.29, 0.717) is 31.2 Å². The second kappa shape index (κ2) is 4.73. The minimum absolute atomic E-state index is 0.128. The van der Waals surface area contributed by atoms with E-state index in [1.807, 2.05) is 9.80 Å². The number of hydrogen-bond donors (Lipinski definition) is 1. The molecule has 0 aromatic carbocycles. The molecular weight excluding hydrogens is 260 g/mol. The summed E-state index contributed by atoms with van der Waals surface area (Å²) in [6, 6.07) is 0.235. The number of aromatic carboxylic acids is 1. The summed E-state index contributed by atoms with van der Waals surface area (Å²) in [7, 11) is 0. The van der Waals surface area contributed by atoms with E-state index < -0.39 is 5.97 Å². The molecule has 1 aromatic rings. The van der Waals surface area contributed by atoms with Crippen molar-refractivity contribution < 1.29 is 14.7 Å². The lowest BCUT2D eigenvalue weighted by Gasteiger charge is -2.37. The lowest BCUT2D eigenvalue weighted by Crippen LogP contribution is -2.52. The van der Waals surface area contributed by atoms with Crippen molar-refractivity contribution in [1.82, 2.24) is 14.9 Å². The van der Waals surface area contributed by atoms with Gasteiger partial charge >= 0.3 is 5.97 Å². The van der Waals surface area contributed by atoms with E-state index in [4.69, 9.17) is 5.11 Å². The van der Waals surface area contributed by atoms with Gasteiger partial charge in [-0.15, -0.1) is 0 Å². The first kappa shape index (κ1) is 12.8. The van der Waals surface area contributed by atoms with Gasteiger partial charge in [0.2, 0.25) is 11.9 Å². The van der Waals surface area contributed by atoms with Gasteiger partial charge in [0.05, 0.1) is 11.3 Å². The lowest BCUT2D eigenvalue weighted by atomic mass is 10.1. The number of fused-ring (bicyclic) bond motifs is 1. The Morgan fingerprint density at radius 3 is 2.95 bits per heavy atom. The highest BCUT2D eigenvalue weighted by atomic mass is 16.4. The number of piperazine rings is 1. The van der Waals surface area contributed by atoms with Crippen molar-refractivity contribution in [3.8, 4) is 0 Å². The molecule has 1 amide bonds. The molecule has 1 aromatic heterocycles. The molecule has 1 unspecified atom stereocenters. The fourth-order valence-electron chi connectivity index (χ4n) is 2.86. The molecule has 106 valence electrons. The Balaban J connectivity index is 1.79. The van der Waals surface area contributed by atoms with E-state index >= 15 is 0 Å². The third-order valence-corrected chi connectivity index (χ3v) is 3.97. The largest absolute Gasteiger partial charge is 0.478 e. The van der Waals surface area contributed by atoms with Gasteiger partial charge in [-0.1, -0.05) is 0 Å². The Morgan fingerprint density at radius 1 is 1.45 bits per heavy atom. The zero-order chi connectivity index (χ0) is 14.3. The number of aryl methyl sites for hydroxylation is 1. The molecule has 20 heavy (non-hydrogen) atoms. The Hall–Kier alpha value is -2.18. The number of nitrogens with zero attached hydrogens (tertiary/aromatic N) is 4. The highest BCUT2D eigenvalue weighted by Crippen LogP contribution is 2.24. The van der Waals surface area contributed by atoms with E-state index in [2.05, 4.69) is 9.97 Å². The summed E-state index contributed by atoms with van der Waals surface area (Å²) in [5, 5.41) is 8.98. The van der Waals surface area contributed by atoms with Gasteiger partial charge < -0.3 is 14.9 Å². The molecule has 2 fully saturated rings. The van der Waals surface area contributed by atoms with Crippen LogP contribution in [0.15, 0.2) is 6.20 Å².